The van der Waals surface area contributed by atoms with E-state index in [2.05, 4.69) is 5.32 Å². The van der Waals surface area contributed by atoms with Gasteiger partial charge in [0.05, 0.1) is 12.2 Å². The second-order valence-electron chi connectivity index (χ2n) is 5.40. The molecule has 22 heavy (non-hydrogen) atoms. The number of hydrogen-bond acceptors (Lipinski definition) is 2. The van der Waals surface area contributed by atoms with E-state index in [1.54, 1.807) is 23.1 Å². The fourth-order valence-electron chi connectivity index (χ4n) is 2.50. The Morgan fingerprint density at radius 3 is 2.86 bits per heavy atom. The summed E-state index contributed by atoms with van der Waals surface area (Å²) in [5, 5.41) is 3.52. The van der Waals surface area contributed by atoms with Crippen LogP contribution in [0.1, 0.15) is 12.5 Å². The van der Waals surface area contributed by atoms with Gasteiger partial charge in [-0.25, -0.2) is 4.79 Å². The number of aryl methyl sites for hydroxylation is 1. The number of carbonyl (C=O) groups excluding carboxylic acids is 1. The molecular weight excluding hydrogens is 300 g/mol. The van der Waals surface area contributed by atoms with Crippen molar-refractivity contribution >= 4 is 29.0 Å². The third-order valence-corrected chi connectivity index (χ3v) is 3.85. The smallest absolute Gasteiger partial charge is 0.326 e. The van der Waals surface area contributed by atoms with Crippen LogP contribution in [0.5, 0.6) is 5.75 Å². The Morgan fingerprint density at radius 1 is 1.32 bits per heavy atom. The summed E-state index contributed by atoms with van der Waals surface area (Å²) in [6, 6.07) is 12.8. The first-order valence-corrected chi connectivity index (χ1v) is 7.53. The van der Waals surface area contributed by atoms with Gasteiger partial charge >= 0.3 is 6.03 Å². The topological polar surface area (TPSA) is 41.6 Å². The number of benzene rings is 2. The summed E-state index contributed by atoms with van der Waals surface area (Å²) in [6.07, 6.45) is -0.0729. The van der Waals surface area contributed by atoms with Crippen LogP contribution in [-0.4, -0.2) is 18.7 Å². The van der Waals surface area contributed by atoms with Crippen LogP contribution >= 0.6 is 11.6 Å². The lowest BCUT2D eigenvalue weighted by molar-refractivity contribution is 0.208. The molecule has 1 heterocycles. The molecule has 2 aromatic rings. The van der Waals surface area contributed by atoms with Crippen LogP contribution in [0.15, 0.2) is 42.5 Å². The van der Waals surface area contributed by atoms with Crippen LogP contribution in [0.4, 0.5) is 16.2 Å². The van der Waals surface area contributed by atoms with Crippen molar-refractivity contribution in [3.63, 3.8) is 0 Å². The van der Waals surface area contributed by atoms with Gasteiger partial charge in [0.1, 0.15) is 11.9 Å². The minimum Gasteiger partial charge on any atom is -0.487 e. The maximum Gasteiger partial charge on any atom is 0.326 e. The van der Waals surface area contributed by atoms with Gasteiger partial charge in [0.2, 0.25) is 0 Å². The molecule has 0 aromatic heterocycles. The summed E-state index contributed by atoms with van der Waals surface area (Å²) >= 11 is 6.05. The fourth-order valence-corrected chi connectivity index (χ4v) is 2.67. The van der Waals surface area contributed by atoms with E-state index in [4.69, 9.17) is 16.3 Å². The van der Waals surface area contributed by atoms with Gasteiger partial charge < -0.3 is 10.1 Å². The van der Waals surface area contributed by atoms with Crippen LogP contribution in [0.3, 0.4) is 0 Å². The largest absolute Gasteiger partial charge is 0.487 e. The SMILES string of the molecule is Cc1ccccc1NC(=O)N1C[C@H](C)Oc2ccc(Cl)cc21. The Kier molecular flexibility index (Phi) is 3.94. The number of carbonyl (C=O) groups is 1. The Morgan fingerprint density at radius 2 is 2.09 bits per heavy atom. The number of halogens is 1. The molecule has 0 fully saturated rings. The number of ether oxygens (including phenoxy) is 1. The number of rotatable bonds is 1. The molecule has 4 nitrogen and oxygen atoms in total. The van der Waals surface area contributed by atoms with Crippen LogP contribution in [0, 0.1) is 6.92 Å². The fraction of sp³-hybridized carbons (Fsp3) is 0.235. The molecule has 0 saturated heterocycles. The molecule has 0 spiro atoms. The molecule has 1 N–H and O–H groups in total. The summed E-state index contributed by atoms with van der Waals surface area (Å²) in [7, 11) is 0. The van der Waals surface area contributed by atoms with Crippen LogP contribution < -0.4 is 15.0 Å². The number of para-hydroxylation sites is 1. The molecule has 1 aliphatic heterocycles. The number of fused-ring (bicyclic) bond motifs is 1. The zero-order chi connectivity index (χ0) is 15.7. The molecule has 1 aliphatic rings. The standard InChI is InChI=1S/C17H17ClN2O2/c1-11-5-3-4-6-14(11)19-17(21)20-10-12(2)22-16-8-7-13(18)9-15(16)20/h3-9,12H,10H2,1-2H3,(H,19,21)/t12-/m0/s1. The highest BCUT2D eigenvalue weighted by Crippen LogP contribution is 2.36. The first kappa shape index (κ1) is 14.7. The van der Waals surface area contributed by atoms with Crippen LogP contribution in [-0.2, 0) is 0 Å². The van der Waals surface area contributed by atoms with E-state index in [1.807, 2.05) is 38.1 Å². The van der Waals surface area contributed by atoms with Gasteiger partial charge in [-0.2, -0.15) is 0 Å². The number of amides is 2. The van der Waals surface area contributed by atoms with E-state index in [0.29, 0.717) is 23.0 Å². The van der Waals surface area contributed by atoms with Gasteiger partial charge in [-0.1, -0.05) is 29.8 Å². The molecule has 0 saturated carbocycles. The van der Waals surface area contributed by atoms with Crippen molar-refractivity contribution in [1.82, 2.24) is 0 Å². The molecule has 2 aromatic carbocycles. The Labute approximate surface area is 134 Å². The average Bonchev–Trinajstić information content (AvgIpc) is 2.49. The predicted molar refractivity (Wildman–Crippen MR) is 89.1 cm³/mol. The number of nitrogens with zero attached hydrogens (tertiary/aromatic N) is 1. The van der Waals surface area contributed by atoms with Crippen molar-refractivity contribution in [2.45, 2.75) is 20.0 Å². The summed E-state index contributed by atoms with van der Waals surface area (Å²) in [4.78, 5) is 14.3. The molecule has 1 atom stereocenters. The maximum atomic E-state index is 12.7. The van der Waals surface area contributed by atoms with Gasteiger partial charge in [-0.15, -0.1) is 0 Å². The minimum absolute atomic E-state index is 0.0729. The first-order chi connectivity index (χ1) is 10.5. The monoisotopic (exact) mass is 316 g/mol. The van der Waals surface area contributed by atoms with Gasteiger partial charge in [0, 0.05) is 10.7 Å². The first-order valence-electron chi connectivity index (χ1n) is 7.15. The summed E-state index contributed by atoms with van der Waals surface area (Å²) in [6.45, 7) is 4.37. The van der Waals surface area contributed by atoms with Crippen LogP contribution in [0.2, 0.25) is 5.02 Å². The van der Waals surface area contributed by atoms with Gasteiger partial charge in [-0.05, 0) is 43.7 Å². The second-order valence-corrected chi connectivity index (χ2v) is 5.83. The molecule has 0 radical (unpaired) electrons. The van der Waals surface area contributed by atoms with E-state index in [9.17, 15) is 4.79 Å². The lowest BCUT2D eigenvalue weighted by Gasteiger charge is -2.33. The molecule has 5 heteroatoms. The number of hydrogen-bond donors (Lipinski definition) is 1. The quantitative estimate of drug-likeness (QED) is 0.843. The third kappa shape index (κ3) is 2.88. The van der Waals surface area contributed by atoms with Crippen molar-refractivity contribution in [3.05, 3.63) is 53.1 Å². The highest BCUT2D eigenvalue weighted by molar-refractivity contribution is 6.31. The molecule has 3 rings (SSSR count). The summed E-state index contributed by atoms with van der Waals surface area (Å²) < 4.78 is 5.76. The van der Waals surface area contributed by atoms with E-state index >= 15 is 0 Å². The minimum atomic E-state index is -0.187. The molecule has 0 bridgehead atoms. The second kappa shape index (κ2) is 5.89. The Bertz CT molecular complexity index is 718. The van der Waals surface area contributed by atoms with Crippen molar-refractivity contribution in [1.29, 1.82) is 0 Å². The van der Waals surface area contributed by atoms with E-state index in [0.717, 1.165) is 11.3 Å². The normalized spacial score (nSPS) is 16.7. The summed E-state index contributed by atoms with van der Waals surface area (Å²) in [5.41, 5.74) is 2.51. The number of nitrogens with one attached hydrogen (secondary N) is 1. The summed E-state index contributed by atoms with van der Waals surface area (Å²) in [5.74, 6) is 0.670. The van der Waals surface area contributed by atoms with E-state index in [1.165, 1.54) is 0 Å². The molecule has 114 valence electrons. The highest BCUT2D eigenvalue weighted by atomic mass is 35.5. The van der Waals surface area contributed by atoms with Crippen LogP contribution in [0.25, 0.3) is 0 Å². The van der Waals surface area contributed by atoms with E-state index < -0.39 is 0 Å². The van der Waals surface area contributed by atoms with Gasteiger partial charge in [-0.3, -0.25) is 4.90 Å². The van der Waals surface area contributed by atoms with Crippen molar-refractivity contribution in [3.8, 4) is 5.75 Å². The molecule has 0 unspecified atom stereocenters. The molecule has 2 amide bonds. The van der Waals surface area contributed by atoms with Crippen molar-refractivity contribution < 1.29 is 9.53 Å². The maximum absolute atomic E-state index is 12.7. The van der Waals surface area contributed by atoms with E-state index in [-0.39, 0.29) is 12.1 Å². The van der Waals surface area contributed by atoms with Gasteiger partial charge in [0.25, 0.3) is 0 Å². The van der Waals surface area contributed by atoms with Gasteiger partial charge in [0.15, 0.2) is 0 Å². The Hall–Kier alpha value is -2.20. The van der Waals surface area contributed by atoms with Crippen molar-refractivity contribution in [2.24, 2.45) is 0 Å². The lowest BCUT2D eigenvalue weighted by Crippen LogP contribution is -2.44. The lowest BCUT2D eigenvalue weighted by atomic mass is 10.2. The Balaban J connectivity index is 1.90. The molecule has 0 aliphatic carbocycles. The number of urea groups is 1. The van der Waals surface area contributed by atoms with Crippen molar-refractivity contribution in [2.75, 3.05) is 16.8 Å². The average molecular weight is 317 g/mol. The third-order valence-electron chi connectivity index (χ3n) is 3.61. The molecular formula is C17H17ClN2O2. The zero-order valence-electron chi connectivity index (χ0n) is 12.5. The highest BCUT2D eigenvalue weighted by Gasteiger charge is 2.28. The number of anilines is 2. The zero-order valence-corrected chi connectivity index (χ0v) is 13.2. The predicted octanol–water partition coefficient (Wildman–Crippen LogP) is 4.47.